The summed E-state index contributed by atoms with van der Waals surface area (Å²) in [5.41, 5.74) is 0.932. The maximum absolute atomic E-state index is 13.7. The lowest BCUT2D eigenvalue weighted by Gasteiger charge is -2.32. The summed E-state index contributed by atoms with van der Waals surface area (Å²) >= 11 is 0. The SMILES string of the molecule is CCCCNC(=O)[C@H](C)N(Cc1ccccc1)C(=O)CN(c1ccc(F)cc1)S(=O)(=O)c1ccccc1. The Morgan fingerprint density at radius 2 is 1.51 bits per heavy atom. The molecule has 3 aromatic carbocycles. The number of unbranched alkanes of at least 4 members (excludes halogenated alkanes) is 1. The largest absolute Gasteiger partial charge is 0.354 e. The summed E-state index contributed by atoms with van der Waals surface area (Å²) in [4.78, 5) is 28.0. The van der Waals surface area contributed by atoms with Gasteiger partial charge in [0.15, 0.2) is 0 Å². The molecule has 3 rings (SSSR count). The van der Waals surface area contributed by atoms with Crippen LogP contribution in [0.15, 0.2) is 89.8 Å². The van der Waals surface area contributed by atoms with E-state index in [1.54, 1.807) is 25.1 Å². The Balaban J connectivity index is 1.96. The van der Waals surface area contributed by atoms with Crippen LogP contribution in [0, 0.1) is 5.82 Å². The Morgan fingerprint density at radius 1 is 0.919 bits per heavy atom. The van der Waals surface area contributed by atoms with Crippen molar-refractivity contribution >= 4 is 27.5 Å². The number of anilines is 1. The molecular formula is C28H32FN3O4S. The monoisotopic (exact) mass is 525 g/mol. The van der Waals surface area contributed by atoms with Crippen molar-refractivity contribution < 1.29 is 22.4 Å². The van der Waals surface area contributed by atoms with Crippen LogP contribution in [0.2, 0.25) is 0 Å². The second kappa shape index (κ2) is 13.0. The summed E-state index contributed by atoms with van der Waals surface area (Å²) in [6.45, 7) is 3.66. The van der Waals surface area contributed by atoms with Crippen molar-refractivity contribution in [2.75, 3.05) is 17.4 Å². The maximum atomic E-state index is 13.7. The van der Waals surface area contributed by atoms with E-state index in [9.17, 15) is 22.4 Å². The van der Waals surface area contributed by atoms with E-state index in [4.69, 9.17) is 0 Å². The van der Waals surface area contributed by atoms with Gasteiger partial charge in [0.05, 0.1) is 10.6 Å². The highest BCUT2D eigenvalue weighted by Crippen LogP contribution is 2.24. The fourth-order valence-electron chi connectivity index (χ4n) is 3.75. The minimum absolute atomic E-state index is 0.00732. The van der Waals surface area contributed by atoms with Gasteiger partial charge in [-0.2, -0.15) is 0 Å². The molecule has 0 radical (unpaired) electrons. The number of nitrogens with zero attached hydrogens (tertiary/aromatic N) is 2. The van der Waals surface area contributed by atoms with E-state index in [-0.39, 0.29) is 23.0 Å². The van der Waals surface area contributed by atoms with Crippen molar-refractivity contribution in [1.82, 2.24) is 10.2 Å². The zero-order valence-electron chi connectivity index (χ0n) is 21.0. The van der Waals surface area contributed by atoms with Gasteiger partial charge < -0.3 is 10.2 Å². The van der Waals surface area contributed by atoms with Crippen LogP contribution in [-0.4, -0.2) is 44.3 Å². The molecule has 0 spiro atoms. The lowest BCUT2D eigenvalue weighted by molar-refractivity contribution is -0.139. The molecule has 0 aromatic heterocycles. The van der Waals surface area contributed by atoms with Gasteiger partial charge in [-0.3, -0.25) is 13.9 Å². The number of hydrogen-bond acceptors (Lipinski definition) is 4. The third-order valence-corrected chi connectivity index (χ3v) is 7.71. The molecule has 37 heavy (non-hydrogen) atoms. The smallest absolute Gasteiger partial charge is 0.264 e. The molecule has 0 unspecified atom stereocenters. The molecule has 9 heteroatoms. The molecule has 7 nitrogen and oxygen atoms in total. The summed E-state index contributed by atoms with van der Waals surface area (Å²) in [6.07, 6.45) is 1.71. The first-order chi connectivity index (χ1) is 17.7. The summed E-state index contributed by atoms with van der Waals surface area (Å²) in [7, 11) is -4.17. The standard InChI is InChI=1S/C28H32FN3O4S/c1-3-4-19-30-28(34)22(2)31(20-23-11-7-5-8-12-23)27(33)21-32(25-17-15-24(29)16-18-25)37(35,36)26-13-9-6-10-14-26/h5-18,22H,3-4,19-21H2,1-2H3,(H,30,34)/t22-/m0/s1. The number of sulfonamides is 1. The topological polar surface area (TPSA) is 86.8 Å². The average Bonchev–Trinajstić information content (AvgIpc) is 2.91. The molecule has 0 saturated carbocycles. The minimum Gasteiger partial charge on any atom is -0.354 e. The molecule has 1 N–H and O–H groups in total. The molecular weight excluding hydrogens is 493 g/mol. The molecule has 0 bridgehead atoms. The first-order valence-corrected chi connectivity index (χ1v) is 13.6. The highest BCUT2D eigenvalue weighted by molar-refractivity contribution is 7.92. The molecule has 0 aliphatic carbocycles. The van der Waals surface area contributed by atoms with Gasteiger partial charge in [-0.05, 0) is 55.3 Å². The predicted octanol–water partition coefficient (Wildman–Crippen LogP) is 4.35. The van der Waals surface area contributed by atoms with Gasteiger partial charge in [-0.25, -0.2) is 12.8 Å². The van der Waals surface area contributed by atoms with Crippen LogP contribution in [0.4, 0.5) is 10.1 Å². The van der Waals surface area contributed by atoms with Gasteiger partial charge in [0.1, 0.15) is 18.4 Å². The predicted molar refractivity (Wildman–Crippen MR) is 142 cm³/mol. The minimum atomic E-state index is -4.17. The fraction of sp³-hybridized carbons (Fsp3) is 0.286. The molecule has 3 aromatic rings. The molecule has 2 amide bonds. The third kappa shape index (κ3) is 7.39. The van der Waals surface area contributed by atoms with E-state index >= 15 is 0 Å². The number of hydrogen-bond donors (Lipinski definition) is 1. The van der Waals surface area contributed by atoms with Crippen LogP contribution in [-0.2, 0) is 26.2 Å². The Morgan fingerprint density at radius 3 is 2.11 bits per heavy atom. The van der Waals surface area contributed by atoms with Crippen LogP contribution in [0.25, 0.3) is 0 Å². The summed E-state index contributed by atoms with van der Waals surface area (Å²) in [5.74, 6) is -1.42. The third-order valence-electron chi connectivity index (χ3n) is 5.92. The lowest BCUT2D eigenvalue weighted by Crippen LogP contribution is -2.51. The number of carbonyl (C=O) groups is 2. The van der Waals surface area contributed by atoms with Crippen LogP contribution >= 0.6 is 0 Å². The summed E-state index contributed by atoms with van der Waals surface area (Å²) < 4.78 is 41.8. The van der Waals surface area contributed by atoms with Crippen LogP contribution < -0.4 is 9.62 Å². The Labute approximate surface area is 218 Å². The van der Waals surface area contributed by atoms with E-state index in [1.807, 2.05) is 37.3 Å². The number of halogens is 1. The molecule has 196 valence electrons. The van der Waals surface area contributed by atoms with E-state index in [1.165, 1.54) is 29.2 Å². The normalized spacial score (nSPS) is 12.0. The molecule has 0 aliphatic rings. The van der Waals surface area contributed by atoms with E-state index in [2.05, 4.69) is 5.32 Å². The van der Waals surface area contributed by atoms with Crippen molar-refractivity contribution in [2.45, 2.75) is 44.2 Å². The summed E-state index contributed by atoms with van der Waals surface area (Å²) in [5, 5.41) is 2.85. The first-order valence-electron chi connectivity index (χ1n) is 12.2. The maximum Gasteiger partial charge on any atom is 0.264 e. The van der Waals surface area contributed by atoms with Gasteiger partial charge in [-0.1, -0.05) is 61.9 Å². The zero-order valence-corrected chi connectivity index (χ0v) is 21.8. The molecule has 1 atom stereocenters. The highest BCUT2D eigenvalue weighted by Gasteiger charge is 2.32. The zero-order chi connectivity index (χ0) is 26.8. The van der Waals surface area contributed by atoms with Gasteiger partial charge in [0, 0.05) is 13.1 Å². The van der Waals surface area contributed by atoms with Crippen molar-refractivity contribution in [3.05, 3.63) is 96.3 Å². The van der Waals surface area contributed by atoms with Gasteiger partial charge in [0.2, 0.25) is 11.8 Å². The van der Waals surface area contributed by atoms with E-state index < -0.39 is 34.3 Å². The average molecular weight is 526 g/mol. The van der Waals surface area contributed by atoms with Gasteiger partial charge in [-0.15, -0.1) is 0 Å². The molecule has 0 fully saturated rings. The second-order valence-corrected chi connectivity index (χ2v) is 10.5. The van der Waals surface area contributed by atoms with Crippen molar-refractivity contribution in [2.24, 2.45) is 0 Å². The quantitative estimate of drug-likeness (QED) is 0.356. The van der Waals surface area contributed by atoms with E-state index in [0.29, 0.717) is 6.54 Å². The Hall–Kier alpha value is -3.72. The molecule has 0 saturated heterocycles. The van der Waals surface area contributed by atoms with E-state index in [0.717, 1.165) is 34.8 Å². The molecule has 0 aliphatic heterocycles. The van der Waals surface area contributed by atoms with Crippen molar-refractivity contribution in [1.29, 1.82) is 0 Å². The number of carbonyl (C=O) groups excluding carboxylic acids is 2. The van der Waals surface area contributed by atoms with Crippen molar-refractivity contribution in [3.63, 3.8) is 0 Å². The lowest BCUT2D eigenvalue weighted by atomic mass is 10.1. The van der Waals surface area contributed by atoms with Crippen LogP contribution in [0.1, 0.15) is 32.3 Å². The number of benzene rings is 3. The van der Waals surface area contributed by atoms with Crippen LogP contribution in [0.5, 0.6) is 0 Å². The van der Waals surface area contributed by atoms with Gasteiger partial charge in [0.25, 0.3) is 10.0 Å². The second-order valence-electron chi connectivity index (χ2n) is 8.63. The Kier molecular flexibility index (Phi) is 9.79. The van der Waals surface area contributed by atoms with Crippen LogP contribution in [0.3, 0.4) is 0 Å². The Bertz CT molecular complexity index is 1270. The highest BCUT2D eigenvalue weighted by atomic mass is 32.2. The summed E-state index contributed by atoms with van der Waals surface area (Å²) in [6, 6.07) is 20.9. The fourth-order valence-corrected chi connectivity index (χ4v) is 5.19. The number of amides is 2. The van der Waals surface area contributed by atoms with Crippen molar-refractivity contribution in [3.8, 4) is 0 Å². The first kappa shape index (κ1) is 27.9. The number of nitrogens with one attached hydrogen (secondary N) is 1. The number of rotatable bonds is 12. The van der Waals surface area contributed by atoms with Gasteiger partial charge >= 0.3 is 0 Å². The molecule has 0 heterocycles.